The minimum atomic E-state index is -4.77. The van der Waals surface area contributed by atoms with Gasteiger partial charge in [0.05, 0.1) is 23.2 Å². The largest absolute Gasteiger partial charge is 0.416 e. The van der Waals surface area contributed by atoms with Crippen molar-refractivity contribution < 1.29 is 26.3 Å². The molecule has 6 nitrogen and oxygen atoms in total. The molecule has 0 bridgehead atoms. The zero-order valence-electron chi connectivity index (χ0n) is 17.9. The number of benzene rings is 1. The van der Waals surface area contributed by atoms with Crippen LogP contribution in [0.4, 0.5) is 32.3 Å². The van der Waals surface area contributed by atoms with Gasteiger partial charge < -0.3 is 10.2 Å². The number of likely N-dealkylation sites (N-methyl/N-ethyl adjacent to an activating group) is 1. The Morgan fingerprint density at radius 1 is 1.12 bits per heavy atom. The van der Waals surface area contributed by atoms with E-state index in [1.54, 1.807) is 11.3 Å². The first-order valence-electron chi connectivity index (χ1n) is 10.3. The lowest BCUT2D eigenvalue weighted by Crippen LogP contribution is -2.40. The molecule has 1 N–H and O–H groups in total. The smallest absolute Gasteiger partial charge is 0.350 e. The van der Waals surface area contributed by atoms with Crippen LogP contribution < -0.4 is 5.32 Å². The number of aryl methyl sites for hydroxylation is 1. The van der Waals surface area contributed by atoms with E-state index in [2.05, 4.69) is 25.4 Å². The highest BCUT2D eigenvalue weighted by Crippen LogP contribution is 2.37. The fraction of sp³-hybridized carbons (Fsp3) is 0.476. The first kappa shape index (κ1) is 23.3. The van der Waals surface area contributed by atoms with Crippen molar-refractivity contribution in [3.63, 3.8) is 0 Å². The van der Waals surface area contributed by atoms with Crippen molar-refractivity contribution in [2.24, 2.45) is 0 Å². The molecule has 1 aliphatic rings. The molecule has 1 saturated heterocycles. The molecule has 1 atom stereocenters. The SMILES string of the molecule is Cc1ncn2c(N[C@@H]3CCCN(C)C3)nnc(-c3ccc(C(F)(F)F)cc3CC(F)(F)F)c12. The number of hydrogen-bond acceptors (Lipinski definition) is 5. The number of imidazole rings is 1. The van der Waals surface area contributed by atoms with Gasteiger partial charge in [0.15, 0.2) is 0 Å². The van der Waals surface area contributed by atoms with Gasteiger partial charge in [-0.2, -0.15) is 26.3 Å². The number of rotatable bonds is 4. The van der Waals surface area contributed by atoms with Gasteiger partial charge in [0.2, 0.25) is 5.95 Å². The molecular formula is C21H22F6N6. The number of fused-ring (bicyclic) bond motifs is 1. The zero-order valence-corrected chi connectivity index (χ0v) is 17.9. The Morgan fingerprint density at radius 2 is 1.88 bits per heavy atom. The van der Waals surface area contributed by atoms with Gasteiger partial charge in [-0.15, -0.1) is 10.2 Å². The highest BCUT2D eigenvalue weighted by Gasteiger charge is 2.35. The average molecular weight is 472 g/mol. The quantitative estimate of drug-likeness (QED) is 0.557. The maximum absolute atomic E-state index is 13.2. The molecule has 0 radical (unpaired) electrons. The van der Waals surface area contributed by atoms with E-state index in [9.17, 15) is 26.3 Å². The Bertz CT molecular complexity index is 1150. The second-order valence-corrected chi connectivity index (χ2v) is 8.33. The molecule has 1 aromatic carbocycles. The van der Waals surface area contributed by atoms with Gasteiger partial charge in [-0.1, -0.05) is 6.07 Å². The van der Waals surface area contributed by atoms with Crippen LogP contribution in [0.5, 0.6) is 0 Å². The van der Waals surface area contributed by atoms with Crippen LogP contribution >= 0.6 is 0 Å². The van der Waals surface area contributed by atoms with E-state index in [1.807, 2.05) is 7.05 Å². The van der Waals surface area contributed by atoms with Crippen molar-refractivity contribution in [3.8, 4) is 11.3 Å². The Labute approximate surface area is 185 Å². The van der Waals surface area contributed by atoms with Gasteiger partial charge in [0.1, 0.15) is 12.0 Å². The number of piperidine rings is 1. The molecule has 0 unspecified atom stereocenters. The lowest BCUT2D eigenvalue weighted by Gasteiger charge is -2.30. The van der Waals surface area contributed by atoms with Crippen molar-refractivity contribution in [2.45, 2.75) is 44.6 Å². The first-order valence-corrected chi connectivity index (χ1v) is 10.3. The molecule has 178 valence electrons. The second-order valence-electron chi connectivity index (χ2n) is 8.33. The highest BCUT2D eigenvalue weighted by molar-refractivity contribution is 5.81. The summed E-state index contributed by atoms with van der Waals surface area (Å²) in [5, 5.41) is 11.6. The lowest BCUT2D eigenvalue weighted by molar-refractivity contribution is -0.138. The van der Waals surface area contributed by atoms with Crippen LogP contribution in [0.25, 0.3) is 16.8 Å². The summed E-state index contributed by atoms with van der Waals surface area (Å²) in [6, 6.07) is 2.39. The monoisotopic (exact) mass is 472 g/mol. The van der Waals surface area contributed by atoms with Gasteiger partial charge in [-0.25, -0.2) is 4.98 Å². The van der Waals surface area contributed by atoms with E-state index in [0.717, 1.165) is 38.1 Å². The molecule has 3 heterocycles. The number of hydrogen-bond donors (Lipinski definition) is 1. The second kappa shape index (κ2) is 8.47. The van der Waals surface area contributed by atoms with E-state index in [4.69, 9.17) is 0 Å². The molecule has 4 rings (SSSR count). The molecule has 1 fully saturated rings. The van der Waals surface area contributed by atoms with E-state index in [0.29, 0.717) is 23.2 Å². The lowest BCUT2D eigenvalue weighted by atomic mass is 9.97. The highest BCUT2D eigenvalue weighted by atomic mass is 19.4. The van der Waals surface area contributed by atoms with E-state index < -0.39 is 29.9 Å². The van der Waals surface area contributed by atoms with Gasteiger partial charge in [0, 0.05) is 18.2 Å². The molecule has 0 aliphatic carbocycles. The molecule has 12 heteroatoms. The normalized spacial score (nSPS) is 18.1. The molecule has 0 saturated carbocycles. The van der Waals surface area contributed by atoms with E-state index in [1.165, 1.54) is 6.33 Å². The minimum Gasteiger partial charge on any atom is -0.350 e. The summed E-state index contributed by atoms with van der Waals surface area (Å²) in [6.45, 7) is 3.43. The number of halogens is 6. The Kier molecular flexibility index (Phi) is 5.97. The van der Waals surface area contributed by atoms with Crippen LogP contribution in [0, 0.1) is 6.92 Å². The summed E-state index contributed by atoms with van der Waals surface area (Å²) >= 11 is 0. The number of anilines is 1. The summed E-state index contributed by atoms with van der Waals surface area (Å²) in [5.74, 6) is 0.374. The number of alkyl halides is 6. The molecular weight excluding hydrogens is 450 g/mol. The number of aromatic nitrogens is 4. The first-order chi connectivity index (χ1) is 15.4. The Hall–Kier alpha value is -2.89. The van der Waals surface area contributed by atoms with Crippen LogP contribution in [0.15, 0.2) is 24.5 Å². The van der Waals surface area contributed by atoms with Gasteiger partial charge >= 0.3 is 12.4 Å². The molecule has 1 aliphatic heterocycles. The van der Waals surface area contributed by atoms with Crippen LogP contribution in [-0.4, -0.2) is 56.8 Å². The van der Waals surface area contributed by atoms with Crippen LogP contribution in [-0.2, 0) is 12.6 Å². The molecule has 33 heavy (non-hydrogen) atoms. The molecule has 0 spiro atoms. The summed E-state index contributed by atoms with van der Waals surface area (Å²) in [7, 11) is 2.01. The third-order valence-corrected chi connectivity index (χ3v) is 5.68. The van der Waals surface area contributed by atoms with Gasteiger partial charge in [-0.05, 0) is 51.1 Å². The predicted octanol–water partition coefficient (Wildman–Crippen LogP) is 4.73. The summed E-state index contributed by atoms with van der Waals surface area (Å²) < 4.78 is 80.7. The summed E-state index contributed by atoms with van der Waals surface area (Å²) in [4.78, 5) is 6.41. The Balaban J connectivity index is 1.81. The third-order valence-electron chi connectivity index (χ3n) is 5.68. The standard InChI is InChI=1S/C21H22F6N6/c1-12-18-17(16-6-5-14(21(25,26)27)8-13(16)9-20(22,23)24)30-31-19(33(18)11-28-12)29-15-4-3-7-32(2)10-15/h5-6,8,11,15H,3-4,7,9-10H2,1-2H3,(H,29,31)/t15-/m1/s1. The van der Waals surface area contributed by atoms with Crippen molar-refractivity contribution in [3.05, 3.63) is 41.3 Å². The average Bonchev–Trinajstić information content (AvgIpc) is 3.09. The predicted molar refractivity (Wildman–Crippen MR) is 110 cm³/mol. The van der Waals surface area contributed by atoms with Crippen LogP contribution in [0.3, 0.4) is 0 Å². The summed E-state index contributed by atoms with van der Waals surface area (Å²) in [6.07, 6.45) is -7.61. The van der Waals surface area contributed by atoms with E-state index in [-0.39, 0.29) is 17.3 Å². The minimum absolute atomic E-state index is 0.0456. The number of likely N-dealkylation sites (tertiary alicyclic amines) is 1. The maximum Gasteiger partial charge on any atom is 0.416 e. The topological polar surface area (TPSA) is 58.4 Å². The zero-order chi connectivity index (χ0) is 24.0. The van der Waals surface area contributed by atoms with Gasteiger partial charge in [-0.3, -0.25) is 4.40 Å². The van der Waals surface area contributed by atoms with E-state index >= 15 is 0 Å². The maximum atomic E-state index is 13.2. The number of nitrogens with one attached hydrogen (secondary N) is 1. The van der Waals surface area contributed by atoms with Crippen molar-refractivity contribution >= 4 is 11.5 Å². The van der Waals surface area contributed by atoms with Crippen LogP contribution in [0.1, 0.15) is 29.7 Å². The molecule has 2 aromatic heterocycles. The molecule has 0 amide bonds. The third kappa shape index (κ3) is 5.05. The summed E-state index contributed by atoms with van der Waals surface area (Å²) in [5.41, 5.74) is -0.834. The fourth-order valence-corrected chi connectivity index (χ4v) is 4.19. The van der Waals surface area contributed by atoms with Crippen molar-refractivity contribution in [2.75, 3.05) is 25.5 Å². The van der Waals surface area contributed by atoms with Crippen LogP contribution in [0.2, 0.25) is 0 Å². The van der Waals surface area contributed by atoms with Gasteiger partial charge in [0.25, 0.3) is 0 Å². The van der Waals surface area contributed by atoms with Crippen molar-refractivity contribution in [1.29, 1.82) is 0 Å². The molecule has 3 aromatic rings. The Morgan fingerprint density at radius 3 is 2.55 bits per heavy atom. The number of nitrogens with zero attached hydrogens (tertiary/aromatic N) is 5. The fourth-order valence-electron chi connectivity index (χ4n) is 4.19. The van der Waals surface area contributed by atoms with Crippen molar-refractivity contribution in [1.82, 2.24) is 24.5 Å².